The molecule has 33 heavy (non-hydrogen) atoms. The van der Waals surface area contributed by atoms with E-state index in [0.717, 1.165) is 29.8 Å². The number of amides is 1. The van der Waals surface area contributed by atoms with Gasteiger partial charge in [0.25, 0.3) is 5.91 Å². The fourth-order valence-corrected chi connectivity index (χ4v) is 3.98. The van der Waals surface area contributed by atoms with Crippen molar-refractivity contribution in [1.29, 1.82) is 0 Å². The molecule has 1 fully saturated rings. The van der Waals surface area contributed by atoms with Gasteiger partial charge < -0.3 is 19.4 Å². The lowest BCUT2D eigenvalue weighted by Crippen LogP contribution is -2.37. The number of carbonyl (C=O) groups excluding carboxylic acids is 1. The minimum absolute atomic E-state index is 0.0117. The van der Waals surface area contributed by atoms with Gasteiger partial charge in [-0.2, -0.15) is 0 Å². The van der Waals surface area contributed by atoms with Gasteiger partial charge in [-0.15, -0.1) is 0 Å². The molecule has 4 rings (SSSR count). The number of rotatable bonds is 8. The molecule has 0 spiro atoms. The molecule has 1 aliphatic heterocycles. The molecule has 0 bridgehead atoms. The Morgan fingerprint density at radius 3 is 2.73 bits per heavy atom. The van der Waals surface area contributed by atoms with E-state index in [1.54, 1.807) is 6.20 Å². The number of ether oxygens (including phenoxy) is 2. The number of carbonyl (C=O) groups is 1. The predicted molar refractivity (Wildman–Crippen MR) is 126 cm³/mol. The molecule has 0 saturated carbocycles. The lowest BCUT2D eigenvalue weighted by molar-refractivity contribution is 0.0853. The van der Waals surface area contributed by atoms with Crippen molar-refractivity contribution in [3.8, 4) is 5.75 Å². The second-order valence-electron chi connectivity index (χ2n) is 8.33. The number of aromatic nitrogens is 2. The lowest BCUT2D eigenvalue weighted by atomic mass is 10.1. The molecule has 1 amide bonds. The van der Waals surface area contributed by atoms with Gasteiger partial charge in [0.2, 0.25) is 0 Å². The lowest BCUT2D eigenvalue weighted by Gasteiger charge is -2.21. The van der Waals surface area contributed by atoms with Crippen LogP contribution < -0.4 is 15.5 Å². The van der Waals surface area contributed by atoms with Crippen molar-refractivity contribution in [3.63, 3.8) is 0 Å². The van der Waals surface area contributed by atoms with Gasteiger partial charge in [-0.25, -0.2) is 0 Å². The zero-order chi connectivity index (χ0) is 23.2. The maximum atomic E-state index is 13.2. The van der Waals surface area contributed by atoms with Crippen LogP contribution in [0.2, 0.25) is 0 Å². The Kier molecular flexibility index (Phi) is 7.19. The molecule has 7 nitrogen and oxygen atoms in total. The first-order chi connectivity index (χ1) is 16.0. The molecule has 2 aromatic heterocycles. The molecule has 0 radical (unpaired) electrons. The summed E-state index contributed by atoms with van der Waals surface area (Å²) in [6, 6.07) is 14.9. The molecule has 172 valence electrons. The van der Waals surface area contributed by atoms with Gasteiger partial charge in [-0.3, -0.25) is 14.6 Å². The van der Waals surface area contributed by atoms with Crippen molar-refractivity contribution < 1.29 is 14.3 Å². The van der Waals surface area contributed by atoms with E-state index in [1.165, 1.54) is 6.07 Å². The van der Waals surface area contributed by atoms with E-state index in [1.807, 2.05) is 60.9 Å². The summed E-state index contributed by atoms with van der Waals surface area (Å²) in [5.41, 5.74) is 2.99. The second-order valence-corrected chi connectivity index (χ2v) is 8.33. The highest BCUT2D eigenvalue weighted by Crippen LogP contribution is 2.18. The summed E-state index contributed by atoms with van der Waals surface area (Å²) in [4.78, 5) is 30.6. The van der Waals surface area contributed by atoms with Crippen LogP contribution in [0, 0.1) is 13.8 Å². The third-order valence-electron chi connectivity index (χ3n) is 5.81. The number of pyridine rings is 2. The van der Waals surface area contributed by atoms with Crippen molar-refractivity contribution in [2.24, 2.45) is 0 Å². The Balaban J connectivity index is 1.67. The van der Waals surface area contributed by atoms with Gasteiger partial charge in [0, 0.05) is 31.1 Å². The number of nitrogens with zero attached hydrogens (tertiary/aromatic N) is 2. The molecule has 1 aromatic carbocycles. The fraction of sp³-hybridized carbons (Fsp3) is 0.346. The van der Waals surface area contributed by atoms with Crippen molar-refractivity contribution in [1.82, 2.24) is 14.9 Å². The molecule has 1 aliphatic rings. The van der Waals surface area contributed by atoms with Crippen molar-refractivity contribution >= 4 is 5.91 Å². The quantitative estimate of drug-likeness (QED) is 0.572. The summed E-state index contributed by atoms with van der Waals surface area (Å²) < 4.78 is 13.6. The number of hydrogen-bond donors (Lipinski definition) is 1. The first-order valence-electron chi connectivity index (χ1n) is 11.2. The van der Waals surface area contributed by atoms with Crippen LogP contribution in [0.15, 0.2) is 59.5 Å². The Labute approximate surface area is 193 Å². The first-order valence-corrected chi connectivity index (χ1v) is 11.2. The topological polar surface area (TPSA) is 82.5 Å². The van der Waals surface area contributed by atoms with E-state index < -0.39 is 5.91 Å². The Morgan fingerprint density at radius 2 is 2.03 bits per heavy atom. The Morgan fingerprint density at radius 1 is 1.21 bits per heavy atom. The summed E-state index contributed by atoms with van der Waals surface area (Å²) in [5.74, 6) is 0.262. The average Bonchev–Trinajstić information content (AvgIpc) is 3.33. The van der Waals surface area contributed by atoms with Crippen molar-refractivity contribution in [3.05, 3.63) is 93.2 Å². The summed E-state index contributed by atoms with van der Waals surface area (Å²) >= 11 is 0. The van der Waals surface area contributed by atoms with E-state index in [4.69, 9.17) is 9.47 Å². The maximum Gasteiger partial charge on any atom is 0.257 e. The van der Waals surface area contributed by atoms with Gasteiger partial charge >= 0.3 is 0 Å². The normalized spacial score (nSPS) is 15.4. The van der Waals surface area contributed by atoms with Gasteiger partial charge in [-0.1, -0.05) is 23.8 Å². The van der Waals surface area contributed by atoms with Crippen LogP contribution >= 0.6 is 0 Å². The van der Waals surface area contributed by atoms with E-state index in [2.05, 4.69) is 10.3 Å². The molecule has 1 atom stereocenters. The number of aryl methyl sites for hydroxylation is 2. The molecule has 3 heterocycles. The first kappa shape index (κ1) is 22.7. The molecule has 7 heteroatoms. The molecular weight excluding hydrogens is 418 g/mol. The second kappa shape index (κ2) is 10.4. The third kappa shape index (κ3) is 5.68. The van der Waals surface area contributed by atoms with Crippen LogP contribution in [0.3, 0.4) is 0 Å². The molecule has 0 aliphatic carbocycles. The van der Waals surface area contributed by atoms with Crippen LogP contribution in [0.4, 0.5) is 0 Å². The molecule has 1 unspecified atom stereocenters. The van der Waals surface area contributed by atoms with Gasteiger partial charge in [0.15, 0.2) is 5.43 Å². The standard InChI is InChI=1S/C26H29N3O4/c1-18-8-10-21(11-9-18)33-17-23-25(26(31)28-15-22-7-5-13-32-22)24(30)14-19(2)29(23)16-20-6-3-4-12-27-20/h3-4,6,8-12,14,22H,5,7,13,15-17H2,1-2H3,(H,28,31). The van der Waals surface area contributed by atoms with E-state index in [0.29, 0.717) is 31.1 Å². The molecular formula is C26H29N3O4. The summed E-state index contributed by atoms with van der Waals surface area (Å²) in [6.45, 7) is 5.45. The Hall–Kier alpha value is -3.45. The fourth-order valence-electron chi connectivity index (χ4n) is 3.98. The highest BCUT2D eigenvalue weighted by Gasteiger charge is 2.23. The van der Waals surface area contributed by atoms with E-state index in [-0.39, 0.29) is 23.7 Å². The average molecular weight is 448 g/mol. The number of benzene rings is 1. The zero-order valence-electron chi connectivity index (χ0n) is 19.0. The van der Waals surface area contributed by atoms with Crippen LogP contribution in [0.1, 0.15) is 45.8 Å². The minimum Gasteiger partial charge on any atom is -0.487 e. The summed E-state index contributed by atoms with van der Waals surface area (Å²) in [7, 11) is 0. The Bertz CT molecular complexity index is 1150. The van der Waals surface area contributed by atoms with Crippen LogP contribution in [-0.2, 0) is 17.9 Å². The van der Waals surface area contributed by atoms with Crippen molar-refractivity contribution in [2.75, 3.05) is 13.2 Å². The summed E-state index contributed by atoms with van der Waals surface area (Å²) in [6.07, 6.45) is 3.60. The molecule has 1 N–H and O–H groups in total. The van der Waals surface area contributed by atoms with Crippen molar-refractivity contribution in [2.45, 2.75) is 45.9 Å². The highest BCUT2D eigenvalue weighted by molar-refractivity contribution is 5.95. The highest BCUT2D eigenvalue weighted by atomic mass is 16.5. The van der Waals surface area contributed by atoms with Crippen LogP contribution in [-0.4, -0.2) is 34.7 Å². The van der Waals surface area contributed by atoms with Gasteiger partial charge in [-0.05, 0) is 51.0 Å². The zero-order valence-corrected chi connectivity index (χ0v) is 19.0. The van der Waals surface area contributed by atoms with Gasteiger partial charge in [0.05, 0.1) is 24.0 Å². The van der Waals surface area contributed by atoms with Crippen LogP contribution in [0.5, 0.6) is 5.75 Å². The summed E-state index contributed by atoms with van der Waals surface area (Å²) in [5, 5.41) is 2.89. The monoisotopic (exact) mass is 447 g/mol. The SMILES string of the molecule is Cc1ccc(OCc2c(C(=O)NCC3CCCO3)c(=O)cc(C)n2Cc2ccccn2)cc1. The number of nitrogens with one attached hydrogen (secondary N) is 1. The molecule has 1 saturated heterocycles. The third-order valence-corrected chi connectivity index (χ3v) is 5.81. The number of hydrogen-bond acceptors (Lipinski definition) is 5. The predicted octanol–water partition coefficient (Wildman–Crippen LogP) is 3.40. The van der Waals surface area contributed by atoms with Crippen LogP contribution in [0.25, 0.3) is 0 Å². The van der Waals surface area contributed by atoms with E-state index in [9.17, 15) is 9.59 Å². The van der Waals surface area contributed by atoms with E-state index >= 15 is 0 Å². The maximum absolute atomic E-state index is 13.2. The molecule has 3 aromatic rings. The largest absolute Gasteiger partial charge is 0.487 e. The van der Waals surface area contributed by atoms with Gasteiger partial charge in [0.1, 0.15) is 17.9 Å². The minimum atomic E-state index is -0.409. The smallest absolute Gasteiger partial charge is 0.257 e.